The molecule has 0 saturated carbocycles. The number of unbranched alkanes of at least 4 members (excludes halogenated alkanes) is 2. The van der Waals surface area contributed by atoms with Crippen molar-refractivity contribution in [2.24, 2.45) is 4.99 Å². The van der Waals surface area contributed by atoms with E-state index >= 15 is 0 Å². The number of aromatic hydroxyl groups is 1. The molecule has 416 valence electrons. The van der Waals surface area contributed by atoms with Crippen molar-refractivity contribution in [2.45, 2.75) is 129 Å². The van der Waals surface area contributed by atoms with Crippen molar-refractivity contribution in [3.8, 4) is 5.75 Å². The molecule has 2 aromatic heterocycles. The molecule has 0 aliphatic carbocycles. The van der Waals surface area contributed by atoms with Gasteiger partial charge in [0, 0.05) is 53.5 Å². The summed E-state index contributed by atoms with van der Waals surface area (Å²) in [5, 5.41) is 19.9. The SMILES string of the molecule is C=C(C)N=C1C(=C)Cn2c1cc1c(c2=O)COC(=O)[C@@]1(CC)OC(=O)COCCNCCCCCC(NC(=O)COCC(=O)O[C@]1(CC)C(=O)OCC2=C1C=C1c3nc4ccc(O)cc4c(CC)c3CN1C2)C(=O)NC(C)C. The highest BCUT2D eigenvalue weighted by atomic mass is 16.6. The lowest BCUT2D eigenvalue weighted by atomic mass is 9.82. The van der Waals surface area contributed by atoms with Crippen molar-refractivity contribution in [3.05, 3.63) is 110 Å². The van der Waals surface area contributed by atoms with Crippen LogP contribution in [0.15, 0.2) is 75.7 Å². The fraction of sp³-hybridized carbons (Fsp3) is 0.491. The van der Waals surface area contributed by atoms with Crippen LogP contribution in [0.2, 0.25) is 0 Å². The highest BCUT2D eigenvalue weighted by Gasteiger charge is 2.53. The number of amides is 2. The molecule has 5 aliphatic rings. The lowest BCUT2D eigenvalue weighted by Gasteiger charge is -2.40. The normalized spacial score (nSPS) is 20.0. The highest BCUT2D eigenvalue weighted by molar-refractivity contribution is 6.14. The Balaban J connectivity index is 0.771. The zero-order chi connectivity index (χ0) is 56.1. The van der Waals surface area contributed by atoms with Gasteiger partial charge in [-0.05, 0) is 106 Å². The highest BCUT2D eigenvalue weighted by Crippen LogP contribution is 2.46. The van der Waals surface area contributed by atoms with Gasteiger partial charge < -0.3 is 58.9 Å². The number of benzene rings is 1. The number of allylic oxidation sites excluding steroid dienone is 2. The topological polar surface area (TPSA) is 265 Å². The summed E-state index contributed by atoms with van der Waals surface area (Å²) in [7, 11) is 0. The fourth-order valence-corrected chi connectivity index (χ4v) is 10.8. The van der Waals surface area contributed by atoms with E-state index in [0.29, 0.717) is 80.1 Å². The van der Waals surface area contributed by atoms with Crippen LogP contribution in [0.4, 0.5) is 0 Å². The molecule has 78 heavy (non-hydrogen) atoms. The summed E-state index contributed by atoms with van der Waals surface area (Å²) < 4.78 is 35.3. The average Bonchev–Trinajstić information content (AvgIpc) is 4.11. The Morgan fingerprint density at radius 3 is 2.31 bits per heavy atom. The van der Waals surface area contributed by atoms with Crippen molar-refractivity contribution in [2.75, 3.05) is 52.7 Å². The van der Waals surface area contributed by atoms with Crippen molar-refractivity contribution >= 4 is 58.0 Å². The van der Waals surface area contributed by atoms with E-state index in [4.69, 9.17) is 33.4 Å². The molecule has 2 amide bonds. The number of hydrogen-bond donors (Lipinski definition) is 4. The summed E-state index contributed by atoms with van der Waals surface area (Å²) >= 11 is 0. The minimum absolute atomic E-state index is 0.00835. The number of phenols is 1. The molecule has 3 aromatic rings. The molecule has 21 heteroatoms. The quantitative estimate of drug-likeness (QED) is 0.0551. The number of aliphatic imine (C=N–C) groups is 1. The molecular weight excluding hydrogens is 1010 g/mol. The van der Waals surface area contributed by atoms with Crippen molar-refractivity contribution in [1.82, 2.24) is 30.4 Å². The minimum Gasteiger partial charge on any atom is -0.508 e. The lowest BCUT2D eigenvalue weighted by molar-refractivity contribution is -0.191. The van der Waals surface area contributed by atoms with Crippen LogP contribution in [0, 0.1) is 0 Å². The van der Waals surface area contributed by atoms with Crippen molar-refractivity contribution < 1.29 is 62.3 Å². The molecule has 0 spiro atoms. The number of nitrogens with one attached hydrogen (secondary N) is 3. The van der Waals surface area contributed by atoms with Crippen LogP contribution in [0.25, 0.3) is 16.6 Å². The van der Waals surface area contributed by atoms with Gasteiger partial charge in [0.15, 0.2) is 0 Å². The molecule has 0 fully saturated rings. The van der Waals surface area contributed by atoms with Crippen LogP contribution in [-0.2, 0) is 88.9 Å². The van der Waals surface area contributed by atoms with Crippen LogP contribution in [0.1, 0.15) is 114 Å². The number of rotatable bonds is 24. The number of carbonyl (C=O) groups excluding carboxylic acids is 6. The lowest BCUT2D eigenvalue weighted by Crippen LogP contribution is -2.51. The molecule has 21 nitrogen and oxygen atoms in total. The van der Waals surface area contributed by atoms with Gasteiger partial charge >= 0.3 is 23.9 Å². The second-order valence-corrected chi connectivity index (χ2v) is 20.4. The second-order valence-electron chi connectivity index (χ2n) is 20.4. The number of carbonyl (C=O) groups is 6. The van der Waals surface area contributed by atoms with Crippen LogP contribution in [0.3, 0.4) is 0 Å². The monoisotopic (exact) mass is 1080 g/mol. The van der Waals surface area contributed by atoms with Gasteiger partial charge in [-0.15, -0.1) is 0 Å². The Morgan fingerprint density at radius 2 is 1.59 bits per heavy atom. The Kier molecular flexibility index (Phi) is 17.5. The van der Waals surface area contributed by atoms with E-state index in [1.807, 2.05) is 19.9 Å². The molecule has 4 N–H and O–H groups in total. The van der Waals surface area contributed by atoms with E-state index in [-0.39, 0.29) is 73.6 Å². The number of ether oxygens (including phenoxy) is 6. The van der Waals surface area contributed by atoms with E-state index in [0.717, 1.165) is 45.4 Å². The number of esters is 4. The molecule has 0 saturated heterocycles. The number of fused-ring (bicyclic) bond motifs is 6. The Labute approximate surface area is 452 Å². The molecule has 1 unspecified atom stereocenters. The number of nitrogens with zero attached hydrogens (tertiary/aromatic N) is 4. The fourth-order valence-electron chi connectivity index (χ4n) is 10.8. The molecule has 3 atom stereocenters. The Hall–Kier alpha value is -7.49. The predicted molar refractivity (Wildman–Crippen MR) is 286 cm³/mol. The first kappa shape index (κ1) is 56.7. The second kappa shape index (κ2) is 24.0. The van der Waals surface area contributed by atoms with Crippen molar-refractivity contribution in [3.63, 3.8) is 0 Å². The summed E-state index contributed by atoms with van der Waals surface area (Å²) in [6, 6.07) is 5.69. The van der Waals surface area contributed by atoms with Crippen molar-refractivity contribution in [1.29, 1.82) is 0 Å². The third-order valence-corrected chi connectivity index (χ3v) is 14.5. The average molecular weight is 1080 g/mol. The maximum absolute atomic E-state index is 13.6. The standard InChI is InChI=1S/C57H69N7O14/c1-9-37-38-21-36(65)16-17-43(38)62-51-39(37)26-63-25-35-27-75-54(71)56(10-2,41(35)22-45(51)63)77-49(68)31-74-29-47(66)61-44(52(69)60-33(6)7)15-13-12-14-18-58-19-20-73-30-48(67)78-57(11-3)42-23-46-50(59-32(4)5)34(8)24-64(46)53(70)40(42)28-76-55(57)72/h16-17,21-23,33,44,58,65H,4,8-15,18-20,24-31H2,1-3,5-7H3,(H,60,69)(H,61,66)/t44?,56-,57-/m0/s1. The number of phenolic OH excluding ortho intramolecular Hbond substituents is 1. The van der Waals surface area contributed by atoms with Gasteiger partial charge in [0.25, 0.3) is 5.56 Å². The van der Waals surface area contributed by atoms with Gasteiger partial charge in [-0.1, -0.05) is 46.8 Å². The van der Waals surface area contributed by atoms with Gasteiger partial charge in [0.05, 0.1) is 47.0 Å². The van der Waals surface area contributed by atoms with Gasteiger partial charge in [-0.25, -0.2) is 24.2 Å². The van der Waals surface area contributed by atoms with E-state index in [9.17, 15) is 38.7 Å². The van der Waals surface area contributed by atoms with E-state index in [1.165, 1.54) is 4.57 Å². The van der Waals surface area contributed by atoms with Crippen LogP contribution in [0.5, 0.6) is 5.75 Å². The van der Waals surface area contributed by atoms with Gasteiger partial charge in [0.2, 0.25) is 23.0 Å². The first-order valence-corrected chi connectivity index (χ1v) is 26.6. The smallest absolute Gasteiger partial charge is 0.355 e. The van der Waals surface area contributed by atoms with E-state index in [2.05, 4.69) is 45.9 Å². The summed E-state index contributed by atoms with van der Waals surface area (Å²) in [5.41, 5.74) is 4.22. The maximum atomic E-state index is 13.6. The molecular formula is C57H69N7O14. The zero-order valence-electron chi connectivity index (χ0n) is 45.2. The van der Waals surface area contributed by atoms with Crippen LogP contribution in [-0.4, -0.2) is 131 Å². The number of aromatic nitrogens is 2. The molecule has 0 bridgehead atoms. The number of hydrogen-bond acceptors (Lipinski definition) is 18. The summed E-state index contributed by atoms with van der Waals surface area (Å²) in [5.74, 6) is -4.01. The minimum atomic E-state index is -1.86. The largest absolute Gasteiger partial charge is 0.508 e. The molecule has 5 aliphatic heterocycles. The van der Waals surface area contributed by atoms with Crippen LogP contribution >= 0.6 is 0 Å². The van der Waals surface area contributed by atoms with E-state index < -0.39 is 66.8 Å². The van der Waals surface area contributed by atoms with Gasteiger partial charge in [-0.3, -0.25) is 19.4 Å². The van der Waals surface area contributed by atoms with Gasteiger partial charge in [0.1, 0.15) is 44.8 Å². The van der Waals surface area contributed by atoms with Gasteiger partial charge in [-0.2, -0.15) is 0 Å². The third kappa shape index (κ3) is 11.5. The zero-order valence-corrected chi connectivity index (χ0v) is 45.2. The Morgan fingerprint density at radius 1 is 0.872 bits per heavy atom. The molecule has 0 radical (unpaired) electrons. The summed E-state index contributed by atoms with van der Waals surface area (Å²) in [6.45, 7) is 19.1. The molecule has 1 aromatic carbocycles. The first-order chi connectivity index (χ1) is 37.3. The number of aryl methyl sites for hydroxylation is 1. The summed E-state index contributed by atoms with van der Waals surface area (Å²) in [6.07, 6.45) is 5.02. The molecule has 8 rings (SSSR count). The number of pyridine rings is 2. The third-order valence-electron chi connectivity index (χ3n) is 14.5. The molecule has 7 heterocycles. The first-order valence-electron chi connectivity index (χ1n) is 26.6. The summed E-state index contributed by atoms with van der Waals surface area (Å²) in [4.78, 5) is 105. The maximum Gasteiger partial charge on any atom is 0.355 e. The number of cyclic esters (lactones) is 2. The Bertz CT molecular complexity index is 3120. The predicted octanol–water partition coefficient (Wildman–Crippen LogP) is 4.37. The van der Waals surface area contributed by atoms with Crippen LogP contribution < -0.4 is 21.5 Å². The van der Waals surface area contributed by atoms with E-state index in [1.54, 1.807) is 45.0 Å².